The maximum atomic E-state index is 15.2. The Kier molecular flexibility index (Phi) is 12.1. The number of rotatable bonds is 15. The molecule has 0 saturated carbocycles. The molecule has 15 heteroatoms. The van der Waals surface area contributed by atoms with Crippen LogP contribution in [0.1, 0.15) is 30.0 Å². The minimum Gasteiger partial charge on any atom is -0.487 e. The molecule has 4 aromatic rings. The summed E-state index contributed by atoms with van der Waals surface area (Å²) in [4.78, 5) is 40.9. The Hall–Kier alpha value is -4.20. The van der Waals surface area contributed by atoms with Crippen molar-refractivity contribution < 1.29 is 36.9 Å². The maximum absolute atomic E-state index is 15.2. The van der Waals surface area contributed by atoms with Crippen LogP contribution >= 0.6 is 23.2 Å². The number of likely N-dealkylation sites (tertiary alicyclic amines) is 1. The number of ether oxygens (including phenoxy) is 4. The lowest BCUT2D eigenvalue weighted by Gasteiger charge is -2.31. The Bertz CT molecular complexity index is 1910. The summed E-state index contributed by atoms with van der Waals surface area (Å²) in [5, 5.41) is 0.704. The van der Waals surface area contributed by atoms with Crippen LogP contribution in [0.5, 0.6) is 17.2 Å². The van der Waals surface area contributed by atoms with Gasteiger partial charge in [0.15, 0.2) is 29.2 Å². The molecule has 1 amide bonds. The van der Waals surface area contributed by atoms with Gasteiger partial charge in [0.05, 0.1) is 34.1 Å². The zero-order chi connectivity index (χ0) is 35.1. The van der Waals surface area contributed by atoms with Gasteiger partial charge < -0.3 is 23.8 Å². The van der Waals surface area contributed by atoms with Gasteiger partial charge in [-0.15, -0.1) is 0 Å². The van der Waals surface area contributed by atoms with E-state index >= 15 is 4.39 Å². The zero-order valence-corrected chi connectivity index (χ0v) is 28.0. The van der Waals surface area contributed by atoms with Crippen LogP contribution < -0.4 is 25.5 Å². The van der Waals surface area contributed by atoms with Crippen LogP contribution in [0.25, 0.3) is 10.9 Å². The molecule has 10 nitrogen and oxygen atoms in total. The maximum Gasteiger partial charge on any atom is 0.332 e. The van der Waals surface area contributed by atoms with E-state index in [2.05, 4.69) is 0 Å². The molecule has 0 atom stereocenters. The van der Waals surface area contributed by atoms with E-state index in [1.165, 1.54) is 11.7 Å². The van der Waals surface area contributed by atoms with Gasteiger partial charge in [-0.1, -0.05) is 35.3 Å². The van der Waals surface area contributed by atoms with E-state index in [9.17, 15) is 23.2 Å². The average molecular weight is 725 g/mol. The molecule has 49 heavy (non-hydrogen) atoms. The number of halogens is 5. The molecule has 0 aliphatic carbocycles. The SMILES string of the molecule is COCCOc1cc(Cn2c(=O)c3cc(OC(CF)CF)c(F)cc3n(C3CCN(C=O)CC3)c2=O)ccc1OCc1ccc(Cl)c(Cl)c1. The third-order valence-corrected chi connectivity index (χ3v) is 8.88. The predicted octanol–water partition coefficient (Wildman–Crippen LogP) is 5.74. The molecule has 0 bridgehead atoms. The first-order valence-electron chi connectivity index (χ1n) is 15.4. The van der Waals surface area contributed by atoms with Crippen molar-refractivity contribution in [1.29, 1.82) is 0 Å². The molecular weight excluding hydrogens is 690 g/mol. The number of alkyl halides is 2. The highest BCUT2D eigenvalue weighted by Crippen LogP contribution is 2.32. The van der Waals surface area contributed by atoms with Crippen molar-refractivity contribution in [2.24, 2.45) is 0 Å². The quantitative estimate of drug-likeness (QED) is 0.114. The van der Waals surface area contributed by atoms with E-state index in [0.717, 1.165) is 28.7 Å². The normalized spacial score (nSPS) is 13.7. The number of hydrogen-bond donors (Lipinski definition) is 0. The highest BCUT2D eigenvalue weighted by Gasteiger charge is 2.26. The predicted molar refractivity (Wildman–Crippen MR) is 178 cm³/mol. The molecule has 1 aromatic heterocycles. The number of piperidine rings is 1. The summed E-state index contributed by atoms with van der Waals surface area (Å²) in [6.45, 7) is -1.33. The monoisotopic (exact) mass is 723 g/mol. The first-order valence-corrected chi connectivity index (χ1v) is 16.2. The minimum absolute atomic E-state index is 0.00680. The third kappa shape index (κ3) is 8.34. The van der Waals surface area contributed by atoms with Crippen molar-refractivity contribution >= 4 is 40.5 Å². The summed E-state index contributed by atoms with van der Waals surface area (Å²) in [6, 6.07) is 11.6. The first kappa shape index (κ1) is 36.1. The third-order valence-electron chi connectivity index (χ3n) is 8.15. The second-order valence-electron chi connectivity index (χ2n) is 11.4. The fourth-order valence-corrected chi connectivity index (χ4v) is 5.91. The Morgan fingerprint density at radius 1 is 0.898 bits per heavy atom. The van der Waals surface area contributed by atoms with Gasteiger partial charge in [0.25, 0.3) is 5.56 Å². The molecule has 0 N–H and O–H groups in total. The molecule has 0 unspecified atom stereocenters. The topological polar surface area (TPSA) is 101 Å². The number of benzene rings is 3. The van der Waals surface area contributed by atoms with E-state index in [1.807, 2.05) is 0 Å². The summed E-state index contributed by atoms with van der Waals surface area (Å²) in [6.07, 6.45) is -0.0980. The van der Waals surface area contributed by atoms with Crippen LogP contribution in [-0.2, 0) is 22.7 Å². The molecule has 1 saturated heterocycles. The fourth-order valence-electron chi connectivity index (χ4n) is 5.59. The number of fused-ring (bicyclic) bond motifs is 1. The highest BCUT2D eigenvalue weighted by atomic mass is 35.5. The zero-order valence-electron chi connectivity index (χ0n) is 26.5. The van der Waals surface area contributed by atoms with Crippen molar-refractivity contribution in [2.45, 2.75) is 38.1 Å². The van der Waals surface area contributed by atoms with E-state index < -0.39 is 48.3 Å². The smallest absolute Gasteiger partial charge is 0.332 e. The van der Waals surface area contributed by atoms with Crippen LogP contribution in [0.4, 0.5) is 13.2 Å². The van der Waals surface area contributed by atoms with Crippen LogP contribution in [0, 0.1) is 5.82 Å². The number of carbonyl (C=O) groups is 1. The van der Waals surface area contributed by atoms with Gasteiger partial charge in [0.2, 0.25) is 6.41 Å². The lowest BCUT2D eigenvalue weighted by molar-refractivity contribution is -0.119. The number of nitrogens with zero attached hydrogens (tertiary/aromatic N) is 3. The van der Waals surface area contributed by atoms with E-state index in [0.29, 0.717) is 53.0 Å². The summed E-state index contributed by atoms with van der Waals surface area (Å²) in [5.41, 5.74) is -0.184. The van der Waals surface area contributed by atoms with Crippen molar-refractivity contribution in [3.8, 4) is 17.2 Å². The number of methoxy groups -OCH3 is 1. The molecule has 0 radical (unpaired) electrons. The molecule has 3 aromatic carbocycles. The second-order valence-corrected chi connectivity index (χ2v) is 12.2. The van der Waals surface area contributed by atoms with E-state index in [4.69, 9.17) is 42.1 Å². The molecule has 5 rings (SSSR count). The van der Waals surface area contributed by atoms with Crippen molar-refractivity contribution in [3.63, 3.8) is 0 Å². The molecule has 1 aliphatic rings. The molecule has 0 spiro atoms. The lowest BCUT2D eigenvalue weighted by atomic mass is 10.0. The highest BCUT2D eigenvalue weighted by molar-refractivity contribution is 6.42. The second kappa shape index (κ2) is 16.5. The summed E-state index contributed by atoms with van der Waals surface area (Å²) in [7, 11) is 1.53. The molecule has 262 valence electrons. The summed E-state index contributed by atoms with van der Waals surface area (Å²) < 4.78 is 66.4. The summed E-state index contributed by atoms with van der Waals surface area (Å²) in [5.74, 6) is -0.797. The van der Waals surface area contributed by atoms with Gasteiger partial charge in [-0.25, -0.2) is 18.0 Å². The molecular formula is C34H34Cl2F3N3O7. The summed E-state index contributed by atoms with van der Waals surface area (Å²) >= 11 is 12.2. The minimum atomic E-state index is -1.57. The van der Waals surface area contributed by atoms with E-state index in [1.54, 1.807) is 41.3 Å². The standard InChI is InChI=1S/C34H34Cl2F3N3O7/c1-46-10-11-47-32-13-21(3-5-30(32)48-19-22-2-4-26(35)27(36)12-22)18-41-33(44)25-14-31(49-24(16-37)17-38)28(39)15-29(25)42(34(41)45)23-6-8-40(20-43)9-7-23/h2-5,12-15,20,23-24H,6-11,16-19H2,1H3. The molecule has 1 fully saturated rings. The Balaban J connectivity index is 1.55. The first-order chi connectivity index (χ1) is 23.7. The van der Waals surface area contributed by atoms with Gasteiger partial charge in [0, 0.05) is 32.3 Å². The van der Waals surface area contributed by atoms with Gasteiger partial charge in [-0.2, -0.15) is 0 Å². The fraction of sp³-hybridized carbons (Fsp3) is 0.382. The Labute approximate surface area is 289 Å². The number of aromatic nitrogens is 2. The van der Waals surface area contributed by atoms with Gasteiger partial charge in [-0.3, -0.25) is 18.7 Å². The molecule has 2 heterocycles. The Morgan fingerprint density at radius 2 is 1.63 bits per heavy atom. The van der Waals surface area contributed by atoms with Crippen molar-refractivity contribution in [2.75, 3.05) is 46.8 Å². The Morgan fingerprint density at radius 3 is 2.31 bits per heavy atom. The van der Waals surface area contributed by atoms with Crippen molar-refractivity contribution in [3.05, 3.63) is 96.4 Å². The lowest BCUT2D eigenvalue weighted by Crippen LogP contribution is -2.44. The van der Waals surface area contributed by atoms with Crippen LogP contribution in [0.2, 0.25) is 10.0 Å². The number of amides is 1. The molecule has 1 aliphatic heterocycles. The van der Waals surface area contributed by atoms with Crippen molar-refractivity contribution in [1.82, 2.24) is 14.0 Å². The van der Waals surface area contributed by atoms with Crippen LogP contribution in [0.15, 0.2) is 58.1 Å². The number of carbonyl (C=O) groups excluding carboxylic acids is 1. The van der Waals surface area contributed by atoms with Gasteiger partial charge in [0.1, 0.15) is 26.6 Å². The van der Waals surface area contributed by atoms with Gasteiger partial charge in [-0.05, 0) is 54.3 Å². The average Bonchev–Trinajstić information content (AvgIpc) is 3.11. The largest absolute Gasteiger partial charge is 0.487 e. The number of hydrogen-bond acceptors (Lipinski definition) is 7. The van der Waals surface area contributed by atoms with Crippen LogP contribution in [0.3, 0.4) is 0 Å². The van der Waals surface area contributed by atoms with Gasteiger partial charge >= 0.3 is 5.69 Å². The van der Waals surface area contributed by atoms with Crippen LogP contribution in [-0.4, -0.2) is 73.3 Å². The van der Waals surface area contributed by atoms with E-state index in [-0.39, 0.29) is 37.3 Å².